The van der Waals surface area contributed by atoms with Crippen LogP contribution < -0.4 is 4.74 Å². The first-order chi connectivity index (χ1) is 61.2. The van der Waals surface area contributed by atoms with Gasteiger partial charge in [-0.1, -0.05) is 146 Å². The van der Waals surface area contributed by atoms with Gasteiger partial charge in [-0.2, -0.15) is 0 Å². The van der Waals surface area contributed by atoms with Crippen molar-refractivity contribution < 1.29 is 114 Å². The van der Waals surface area contributed by atoms with Gasteiger partial charge in [-0.25, -0.2) is 15.0 Å². The molecule has 11 aromatic carbocycles. The molecule has 129 heavy (non-hydrogen) atoms. The van der Waals surface area contributed by atoms with E-state index in [0.29, 0.717) is 91.7 Å². The molecule has 0 atom stereocenters. The first kappa shape index (κ1) is 111. The van der Waals surface area contributed by atoms with Gasteiger partial charge in [-0.05, 0) is 251 Å². The number of phenolic OH excluding ortho intramolecular Hbond substituents is 8. The van der Waals surface area contributed by atoms with E-state index in [9.17, 15) is 40.9 Å². The first-order valence-electron chi connectivity index (χ1n) is 39.9. The van der Waals surface area contributed by atoms with Crippen LogP contribution in [0.25, 0.3) is 21.9 Å². The summed E-state index contributed by atoms with van der Waals surface area (Å²) in [6, 6.07) is 69.6. The molecule has 0 amide bonds. The Kier molecular flexibility index (Phi) is 48.6. The van der Waals surface area contributed by atoms with Gasteiger partial charge in [-0.3, -0.25) is 30.0 Å². The summed E-state index contributed by atoms with van der Waals surface area (Å²) in [5.41, 5.74) is 12.3. The summed E-state index contributed by atoms with van der Waals surface area (Å²) in [6.45, 7) is 29.4. The fourth-order valence-electron chi connectivity index (χ4n) is 13.0. The number of hydrogen-bond donors (Lipinski definition) is 8. The fraction of sp³-hybridized carbons (Fsp3) is 0.222. The number of nitrogens with zero attached hydrogens (tertiary/aromatic N) is 9. The van der Waals surface area contributed by atoms with Crippen molar-refractivity contribution in [2.45, 2.75) is 139 Å². The van der Waals surface area contributed by atoms with Gasteiger partial charge in [-0.15, -0.1) is 0 Å². The van der Waals surface area contributed by atoms with Crippen molar-refractivity contribution >= 4 is 158 Å². The van der Waals surface area contributed by atoms with E-state index >= 15 is 0 Å². The van der Waals surface area contributed by atoms with Gasteiger partial charge in [0.05, 0.1) is 40.6 Å². The molecule has 1 heterocycles. The molecule has 672 valence electrons. The van der Waals surface area contributed by atoms with Crippen LogP contribution in [0, 0.1) is 48.5 Å². The normalized spacial score (nSPS) is 11.5. The van der Waals surface area contributed by atoms with Gasteiger partial charge >= 0.3 is 143 Å². The SMILES string of the molecule is COc1cc(C=NC(C)(C)CC(C)(C)N=Cc2cccc(C)c2O)c(O)c(-c2ccccc2)c1.Cc1cccc(C=NC(C)(C)CC(C)(C)N=Cc2cccc(C)c2O)c1O.Cc1cccc(C=Nc2cc3ccccc3cc2N=Cc2cccc(C)c2O)c1O.Cc1cccc(C=Nc2cccc(N=Cc3cccc(C)c3O)n2)c1O.[Cl][Ti][Cl].[Cl][Ti][Cl].[Cl][Ti][Cl].[Cl][Ti][Cl]. The standard InChI is InChI=1S/C29H34N2O3.C26H22N2O2.C23H30N2O2.C21H19N3O2.8ClH.4Ti/c1-20-11-10-14-22(26(20)32)17-30-28(2,3)19-29(4,5)31-18-23-15-24(34-6)16-25(27(23)33)21-12-8-7-9-13-21;1-17-7-5-11-21(25(17)29)15-27-23-13-19-9-3-4-10-20(19)14-24(23)28-16-22-12-6-8-18(2)26(22)30;1-16-9-7-11-18(20(16)26)13-24-22(3,4)15-23(5,6)25-14-19-12-8-10-17(2)21(19)27;1-14-6-3-8-16(20(14)25)12-22-18-10-5-11-19(24-18)23-13-17-9-4-7-15(2)21(17)26;;;;;;;;;;;;/h7-18,32-33H,19H2,1-6H3;3-16,29-30H,1-2H3;7-14,26-27H,15H2,1-6H3;3-13,25-26H,1-2H3;8*1H;;;;/q;;;;;;;;;;;;4*+2/p-8. The first-order valence-corrected chi connectivity index (χ1v) is 57.1. The number of rotatable bonds is 22. The Morgan fingerprint density at radius 1 is 0.287 bits per heavy atom. The average molecular weight is 2040 g/mol. The van der Waals surface area contributed by atoms with Crippen molar-refractivity contribution in [2.24, 2.45) is 39.9 Å². The zero-order valence-electron chi connectivity index (χ0n) is 74.4. The summed E-state index contributed by atoms with van der Waals surface area (Å²) in [4.78, 5) is 41.1. The van der Waals surface area contributed by atoms with Crippen LogP contribution >= 0.6 is 74.4 Å². The fourth-order valence-corrected chi connectivity index (χ4v) is 13.0. The molecule has 0 fully saturated rings. The summed E-state index contributed by atoms with van der Waals surface area (Å²) in [5, 5.41) is 84.2. The monoisotopic (exact) mass is 2040 g/mol. The number of phenols is 8. The topological polar surface area (TPSA) is 283 Å². The third-order valence-electron chi connectivity index (χ3n) is 19.2. The summed E-state index contributed by atoms with van der Waals surface area (Å²) < 4.78 is 5.46. The van der Waals surface area contributed by atoms with Crippen molar-refractivity contribution in [1.29, 1.82) is 0 Å². The van der Waals surface area contributed by atoms with E-state index in [1.54, 1.807) is 93.2 Å². The molecule has 0 radical (unpaired) electrons. The molecule has 0 unspecified atom stereocenters. The second kappa shape index (κ2) is 56.4. The van der Waals surface area contributed by atoms with Crippen LogP contribution in [0.3, 0.4) is 0 Å². The molecule has 0 spiro atoms. The number of benzene rings is 11. The second-order valence-corrected chi connectivity index (χ2v) is 41.9. The van der Waals surface area contributed by atoms with Crippen LogP contribution in [0.15, 0.2) is 264 Å². The Morgan fingerprint density at radius 3 is 0.798 bits per heavy atom. The molecule has 30 heteroatoms. The molecule has 18 nitrogen and oxygen atoms in total. The van der Waals surface area contributed by atoms with Crippen LogP contribution in [0.2, 0.25) is 0 Å². The average Bonchev–Trinajstić information content (AvgIpc) is 0.816. The molecule has 0 saturated heterocycles. The Balaban J connectivity index is 0.000000293. The van der Waals surface area contributed by atoms with Crippen LogP contribution in [-0.4, -0.2) is 125 Å². The van der Waals surface area contributed by atoms with Crippen molar-refractivity contribution in [2.75, 3.05) is 7.11 Å². The number of hydrogen-bond acceptors (Lipinski definition) is 18. The Hall–Kier alpha value is -8.43. The minimum absolute atomic E-state index is 0.166. The van der Waals surface area contributed by atoms with Gasteiger partial charge in [0, 0.05) is 99.8 Å². The Morgan fingerprint density at radius 2 is 0.527 bits per heavy atom. The van der Waals surface area contributed by atoms with Crippen molar-refractivity contribution in [3.05, 3.63) is 308 Å². The number of aliphatic imine (C=N–C) groups is 8. The Bertz CT molecular complexity index is 5630. The molecule has 0 aliphatic rings. The van der Waals surface area contributed by atoms with Crippen LogP contribution in [0.5, 0.6) is 51.7 Å². The Labute approximate surface area is 824 Å². The summed E-state index contributed by atoms with van der Waals surface area (Å²) in [7, 11) is 40.7. The number of aromatic hydroxyl groups is 8. The number of pyridine rings is 1. The molecule has 8 N–H and O–H groups in total. The molecule has 12 rings (SSSR count). The summed E-state index contributed by atoms with van der Waals surface area (Å²) in [6.07, 6.45) is 14.7. The van der Waals surface area contributed by atoms with Crippen molar-refractivity contribution in [1.82, 2.24) is 4.98 Å². The maximum absolute atomic E-state index is 11.0. The van der Waals surface area contributed by atoms with Gasteiger partial charge in [0.25, 0.3) is 0 Å². The van der Waals surface area contributed by atoms with E-state index in [-0.39, 0.29) is 57.1 Å². The second-order valence-electron chi connectivity index (χ2n) is 31.6. The van der Waals surface area contributed by atoms with E-state index in [1.807, 2.05) is 264 Å². The van der Waals surface area contributed by atoms with Crippen molar-refractivity contribution in [3.63, 3.8) is 0 Å². The quantitative estimate of drug-likeness (QED) is 0.0235. The molecule has 1 aromatic heterocycles. The molecule has 0 saturated carbocycles. The number of methoxy groups -OCH3 is 1. The number of aromatic nitrogens is 1. The summed E-state index contributed by atoms with van der Waals surface area (Å²) in [5.74, 6) is 3.42. The number of aryl methyl sites for hydroxylation is 7. The molecular formula is C99H105Cl8N9O9Ti4. The predicted octanol–water partition coefficient (Wildman–Crippen LogP) is 28.3. The number of para-hydroxylation sites is 7. The van der Waals surface area contributed by atoms with E-state index < -0.39 is 79.2 Å². The van der Waals surface area contributed by atoms with Gasteiger partial charge in [0.2, 0.25) is 0 Å². The van der Waals surface area contributed by atoms with Crippen LogP contribution in [0.1, 0.15) is 152 Å². The van der Waals surface area contributed by atoms with E-state index in [4.69, 9.17) is 99.1 Å². The van der Waals surface area contributed by atoms with Gasteiger partial charge < -0.3 is 45.6 Å². The van der Waals surface area contributed by atoms with Crippen molar-refractivity contribution in [3.8, 4) is 62.9 Å². The third kappa shape index (κ3) is 38.0. The zero-order valence-corrected chi connectivity index (χ0v) is 86.7. The summed E-state index contributed by atoms with van der Waals surface area (Å²) >= 11 is -2.22. The third-order valence-corrected chi connectivity index (χ3v) is 19.2. The van der Waals surface area contributed by atoms with Gasteiger partial charge in [0.1, 0.15) is 51.7 Å². The number of halogens is 8. The number of ether oxygens (including phenoxy) is 1. The molecular weight excluding hydrogens is 1930 g/mol. The molecule has 12 aromatic rings. The minimum atomic E-state index is -0.556. The van der Waals surface area contributed by atoms with Crippen LogP contribution in [-0.2, 0) is 68.1 Å². The van der Waals surface area contributed by atoms with Gasteiger partial charge in [0.15, 0.2) is 11.6 Å². The predicted molar refractivity (Wildman–Crippen MR) is 530 cm³/mol. The molecule has 0 aliphatic carbocycles. The number of fused-ring (bicyclic) bond motifs is 1. The maximum atomic E-state index is 11.0. The zero-order chi connectivity index (χ0) is 95.6. The van der Waals surface area contributed by atoms with E-state index in [1.165, 1.54) is 0 Å². The molecule has 0 bridgehead atoms. The van der Waals surface area contributed by atoms with E-state index in [0.717, 1.165) is 55.3 Å². The van der Waals surface area contributed by atoms with E-state index in [2.05, 4.69) is 52.6 Å². The molecule has 0 aliphatic heterocycles. The van der Waals surface area contributed by atoms with Crippen LogP contribution in [0.4, 0.5) is 23.0 Å².